The summed E-state index contributed by atoms with van der Waals surface area (Å²) in [5.74, 6) is -6.84. The molecule has 3 rings (SSSR count). The van der Waals surface area contributed by atoms with E-state index in [1.165, 1.54) is 6.92 Å². The molecule has 0 spiro atoms. The van der Waals surface area contributed by atoms with Crippen LogP contribution in [0.15, 0.2) is 5.10 Å². The highest BCUT2D eigenvalue weighted by molar-refractivity contribution is 5.97. The molecule has 2 saturated heterocycles. The number of carboxylic acids is 1. The van der Waals surface area contributed by atoms with Crippen LogP contribution in [0, 0.1) is 11.8 Å². The molecular formula is C31H49N7O10. The van der Waals surface area contributed by atoms with E-state index < -0.39 is 96.7 Å². The van der Waals surface area contributed by atoms with E-state index in [1.807, 2.05) is 20.8 Å². The largest absolute Gasteiger partial charge is 0.481 e. The van der Waals surface area contributed by atoms with Crippen LogP contribution in [0.1, 0.15) is 85.5 Å². The SMILES string of the molecule is CCCCC[C@H](CC(=O)N1N=C[C@H](O)C[C@H]1C(=O)N[C@H]1COC(=O)[C@@H]2CCCNN2C(=O)[C@H](C)NC(=O)[C@@H](CC(C)C)NC1=O)C(=O)O. The zero-order valence-electron chi connectivity index (χ0n) is 28.0. The van der Waals surface area contributed by atoms with Crippen LogP contribution in [0.5, 0.6) is 0 Å². The van der Waals surface area contributed by atoms with Gasteiger partial charge in [-0.3, -0.25) is 33.8 Å². The van der Waals surface area contributed by atoms with Crippen molar-refractivity contribution in [1.82, 2.24) is 31.4 Å². The molecule has 5 amide bonds. The predicted molar refractivity (Wildman–Crippen MR) is 169 cm³/mol. The summed E-state index contributed by atoms with van der Waals surface area (Å²) < 4.78 is 5.47. The second-order valence-corrected chi connectivity index (χ2v) is 12.9. The van der Waals surface area contributed by atoms with E-state index in [0.717, 1.165) is 29.1 Å². The van der Waals surface area contributed by atoms with Crippen molar-refractivity contribution < 1.29 is 48.5 Å². The van der Waals surface area contributed by atoms with Gasteiger partial charge in [-0.05, 0) is 38.5 Å². The maximum absolute atomic E-state index is 13.7. The van der Waals surface area contributed by atoms with Crippen molar-refractivity contribution in [2.45, 2.75) is 122 Å². The van der Waals surface area contributed by atoms with Crippen LogP contribution in [0.3, 0.4) is 0 Å². The molecule has 17 heteroatoms. The Bertz CT molecular complexity index is 1240. The second-order valence-electron chi connectivity index (χ2n) is 12.9. The number of unbranched alkanes of at least 4 members (excludes halogenated alkanes) is 2. The Morgan fingerprint density at radius 2 is 1.85 bits per heavy atom. The molecule has 17 nitrogen and oxygen atoms in total. The molecule has 0 aromatic heterocycles. The molecular weight excluding hydrogens is 630 g/mol. The summed E-state index contributed by atoms with van der Waals surface area (Å²) in [7, 11) is 0. The highest BCUT2D eigenvalue weighted by Gasteiger charge is 2.41. The van der Waals surface area contributed by atoms with Crippen molar-refractivity contribution in [1.29, 1.82) is 0 Å². The number of nitrogens with zero attached hydrogens (tertiary/aromatic N) is 3. The fourth-order valence-electron chi connectivity index (χ4n) is 5.79. The molecule has 3 aliphatic rings. The lowest BCUT2D eigenvalue weighted by Crippen LogP contribution is -2.61. The van der Waals surface area contributed by atoms with Gasteiger partial charge in [0, 0.05) is 19.4 Å². The quantitative estimate of drug-likeness (QED) is 0.117. The molecule has 0 aliphatic carbocycles. The first-order valence-electron chi connectivity index (χ1n) is 16.6. The van der Waals surface area contributed by atoms with Crippen molar-refractivity contribution in [2.75, 3.05) is 13.2 Å². The van der Waals surface area contributed by atoms with Gasteiger partial charge in [0.25, 0.3) is 5.91 Å². The number of carbonyl (C=O) groups is 7. The Balaban J connectivity index is 1.87. The average Bonchev–Trinajstić information content (AvgIpc) is 3.04. The number of hydrogen-bond acceptors (Lipinski definition) is 11. The molecule has 268 valence electrons. The smallest absolute Gasteiger partial charge is 0.330 e. The third-order valence-electron chi connectivity index (χ3n) is 8.46. The van der Waals surface area contributed by atoms with Crippen molar-refractivity contribution in [2.24, 2.45) is 16.9 Å². The lowest BCUT2D eigenvalue weighted by atomic mass is 9.96. The highest BCUT2D eigenvalue weighted by Crippen LogP contribution is 2.21. The highest BCUT2D eigenvalue weighted by atomic mass is 16.5. The normalized spacial score (nSPS) is 27.8. The number of ether oxygens (including phenoxy) is 1. The van der Waals surface area contributed by atoms with Gasteiger partial charge in [-0.15, -0.1) is 0 Å². The number of aliphatic hydroxyl groups is 1. The molecule has 48 heavy (non-hydrogen) atoms. The van der Waals surface area contributed by atoms with E-state index in [9.17, 15) is 43.8 Å². The summed E-state index contributed by atoms with van der Waals surface area (Å²) in [5, 5.41) is 33.5. The van der Waals surface area contributed by atoms with Crippen LogP contribution >= 0.6 is 0 Å². The zero-order chi connectivity index (χ0) is 35.5. The summed E-state index contributed by atoms with van der Waals surface area (Å²) in [6.45, 7) is 6.82. The topological polar surface area (TPSA) is 236 Å². The van der Waals surface area contributed by atoms with Crippen LogP contribution in [0.2, 0.25) is 0 Å². The molecule has 6 N–H and O–H groups in total. The number of carbonyl (C=O) groups excluding carboxylic acids is 6. The number of esters is 1. The predicted octanol–water partition coefficient (Wildman–Crippen LogP) is -0.822. The zero-order valence-corrected chi connectivity index (χ0v) is 28.0. The Labute approximate surface area is 279 Å². The van der Waals surface area contributed by atoms with Crippen molar-refractivity contribution in [3.05, 3.63) is 0 Å². The number of carboxylic acid groups (broad SMARTS) is 1. The molecule has 0 bridgehead atoms. The minimum Gasteiger partial charge on any atom is -0.481 e. The van der Waals surface area contributed by atoms with Crippen molar-refractivity contribution in [3.8, 4) is 0 Å². The number of nitrogens with one attached hydrogen (secondary N) is 4. The molecule has 0 radical (unpaired) electrons. The molecule has 0 aromatic rings. The molecule has 3 heterocycles. The molecule has 7 atom stereocenters. The van der Waals surface area contributed by atoms with Gasteiger partial charge in [0.1, 0.15) is 36.8 Å². The number of hydrogen-bond donors (Lipinski definition) is 6. The second kappa shape index (κ2) is 17.9. The number of hydrazine groups is 1. The van der Waals surface area contributed by atoms with Gasteiger partial charge in [-0.1, -0.05) is 40.0 Å². The number of cyclic esters (lactones) is 1. The molecule has 0 aromatic carbocycles. The summed E-state index contributed by atoms with van der Waals surface area (Å²) in [4.78, 5) is 92.2. The Kier molecular flexibility index (Phi) is 14.3. The fourth-order valence-corrected chi connectivity index (χ4v) is 5.79. The standard InChI is InChI=1S/C31H49N7O10/c1-5-6-7-9-19(30(45)46)13-25(40)37-24(14-20(39)15-33-37)28(43)36-22-16-48-31(47)23-10-8-11-32-38(23)29(44)18(4)34-26(41)21(12-17(2)3)35-27(22)42/h15,17-24,32,39H,5-14,16H2,1-4H3,(H,34,41)(H,35,42)(H,36,43)(H,45,46)/t18-,19+,20+,21+,22-,23-,24-/m0/s1. The van der Waals surface area contributed by atoms with E-state index >= 15 is 0 Å². The fraction of sp³-hybridized carbons (Fsp3) is 0.742. The first-order valence-corrected chi connectivity index (χ1v) is 16.6. The molecule has 0 unspecified atom stereocenters. The van der Waals surface area contributed by atoms with Crippen LogP contribution in [0.4, 0.5) is 0 Å². The maximum Gasteiger partial charge on any atom is 0.330 e. The van der Waals surface area contributed by atoms with Crippen molar-refractivity contribution in [3.63, 3.8) is 0 Å². The number of rotatable bonds is 11. The summed E-state index contributed by atoms with van der Waals surface area (Å²) in [5.41, 5.74) is 2.87. The Morgan fingerprint density at radius 3 is 2.52 bits per heavy atom. The lowest BCUT2D eigenvalue weighted by molar-refractivity contribution is -0.162. The van der Waals surface area contributed by atoms with Gasteiger partial charge in [0.15, 0.2) is 0 Å². The van der Waals surface area contributed by atoms with E-state index in [0.29, 0.717) is 19.4 Å². The molecule has 3 aliphatic heterocycles. The number of aliphatic carboxylic acids is 1. The monoisotopic (exact) mass is 679 g/mol. The van der Waals surface area contributed by atoms with Gasteiger partial charge in [0.2, 0.25) is 23.6 Å². The maximum atomic E-state index is 13.7. The summed E-state index contributed by atoms with van der Waals surface area (Å²) in [6.07, 6.45) is 2.56. The van der Waals surface area contributed by atoms with E-state index in [1.54, 1.807) is 0 Å². The first-order chi connectivity index (χ1) is 22.7. The number of aliphatic hydroxyl groups excluding tert-OH is 1. The van der Waals surface area contributed by atoms with Crippen LogP contribution in [-0.2, 0) is 38.3 Å². The van der Waals surface area contributed by atoms with Gasteiger partial charge in [-0.25, -0.2) is 15.2 Å². The number of amides is 5. The Morgan fingerprint density at radius 1 is 1.12 bits per heavy atom. The summed E-state index contributed by atoms with van der Waals surface area (Å²) in [6, 6.07) is -6.21. The number of hydrazone groups is 1. The average molecular weight is 680 g/mol. The van der Waals surface area contributed by atoms with Gasteiger partial charge in [0.05, 0.1) is 18.2 Å². The van der Waals surface area contributed by atoms with Crippen LogP contribution < -0.4 is 21.4 Å². The van der Waals surface area contributed by atoms with Crippen LogP contribution in [-0.4, -0.2) is 117 Å². The van der Waals surface area contributed by atoms with Crippen molar-refractivity contribution >= 4 is 47.7 Å². The van der Waals surface area contributed by atoms with E-state index in [-0.39, 0.29) is 31.6 Å². The van der Waals surface area contributed by atoms with Crippen LogP contribution in [0.25, 0.3) is 0 Å². The lowest BCUT2D eigenvalue weighted by Gasteiger charge is -2.36. The molecule has 0 saturated carbocycles. The molecule has 2 fully saturated rings. The van der Waals surface area contributed by atoms with E-state index in [4.69, 9.17) is 4.74 Å². The van der Waals surface area contributed by atoms with E-state index in [2.05, 4.69) is 26.5 Å². The van der Waals surface area contributed by atoms with Gasteiger partial charge in [-0.2, -0.15) is 5.10 Å². The third kappa shape index (κ3) is 10.4. The summed E-state index contributed by atoms with van der Waals surface area (Å²) >= 11 is 0. The third-order valence-corrected chi connectivity index (χ3v) is 8.46. The first kappa shape index (κ1) is 38.3. The minimum absolute atomic E-state index is 0.0699. The Hall–Kier alpha value is -4.12. The minimum atomic E-state index is -1.55. The van der Waals surface area contributed by atoms with Gasteiger partial charge >= 0.3 is 11.9 Å². The number of fused-ring (bicyclic) bond motifs is 1. The van der Waals surface area contributed by atoms with Gasteiger partial charge < -0.3 is 30.9 Å².